The van der Waals surface area contributed by atoms with E-state index < -0.39 is 0 Å². The number of hydrogen-bond donors (Lipinski definition) is 1. The Morgan fingerprint density at radius 1 is 1.21 bits per heavy atom. The molecule has 1 amide bonds. The molecule has 5 atom stereocenters. The zero-order chi connectivity index (χ0) is 13.4. The van der Waals surface area contributed by atoms with Crippen LogP contribution in [0.25, 0.3) is 0 Å². The highest BCUT2D eigenvalue weighted by Gasteiger charge is 2.40. The summed E-state index contributed by atoms with van der Waals surface area (Å²) < 4.78 is 0. The van der Waals surface area contributed by atoms with Gasteiger partial charge in [-0.2, -0.15) is 0 Å². The van der Waals surface area contributed by atoms with Crippen LogP contribution >= 0.6 is 0 Å². The van der Waals surface area contributed by atoms with Crippen molar-refractivity contribution in [1.82, 2.24) is 10.2 Å². The molecule has 1 aliphatic heterocycles. The lowest BCUT2D eigenvalue weighted by Crippen LogP contribution is -2.45. The number of piperidine rings is 1. The number of carbonyl (C=O) groups is 1. The predicted octanol–water partition coefficient (Wildman–Crippen LogP) is 2.27. The third kappa shape index (κ3) is 2.81. The second-order valence-corrected chi connectivity index (χ2v) is 7.24. The fourth-order valence-corrected chi connectivity index (χ4v) is 4.56. The Hall–Kier alpha value is -0.570. The van der Waals surface area contributed by atoms with Crippen LogP contribution in [0.3, 0.4) is 0 Å². The van der Waals surface area contributed by atoms with Gasteiger partial charge < -0.3 is 10.2 Å². The Morgan fingerprint density at radius 2 is 2.05 bits per heavy atom. The van der Waals surface area contributed by atoms with Gasteiger partial charge in [0.2, 0.25) is 5.91 Å². The molecule has 0 radical (unpaired) electrons. The van der Waals surface area contributed by atoms with E-state index in [-0.39, 0.29) is 5.92 Å². The molecule has 0 aromatic carbocycles. The van der Waals surface area contributed by atoms with E-state index >= 15 is 0 Å². The third-order valence-corrected chi connectivity index (χ3v) is 5.78. The fraction of sp³-hybridized carbons (Fsp3) is 0.938. The van der Waals surface area contributed by atoms with Gasteiger partial charge in [-0.1, -0.05) is 6.42 Å². The second-order valence-electron chi connectivity index (χ2n) is 7.24. The van der Waals surface area contributed by atoms with Gasteiger partial charge in [-0.25, -0.2) is 0 Å². The van der Waals surface area contributed by atoms with Crippen molar-refractivity contribution in [2.24, 2.45) is 23.7 Å². The summed E-state index contributed by atoms with van der Waals surface area (Å²) in [4.78, 5) is 14.5. The molecule has 3 heteroatoms. The van der Waals surface area contributed by atoms with Crippen LogP contribution in [0.15, 0.2) is 0 Å². The van der Waals surface area contributed by atoms with E-state index in [9.17, 15) is 4.79 Å². The number of rotatable bonds is 3. The van der Waals surface area contributed by atoms with Gasteiger partial charge in [-0.05, 0) is 56.8 Å². The van der Waals surface area contributed by atoms with Gasteiger partial charge in [-0.3, -0.25) is 4.79 Å². The highest BCUT2D eigenvalue weighted by atomic mass is 16.2. The maximum atomic E-state index is 12.5. The first-order chi connectivity index (χ1) is 9.13. The average Bonchev–Trinajstić information content (AvgIpc) is 3.01. The van der Waals surface area contributed by atoms with Gasteiger partial charge in [0, 0.05) is 26.2 Å². The molecule has 108 valence electrons. The van der Waals surface area contributed by atoms with Crippen LogP contribution < -0.4 is 5.32 Å². The minimum Gasteiger partial charge on any atom is -0.345 e. The van der Waals surface area contributed by atoms with Crippen LogP contribution in [0, 0.1) is 23.7 Å². The molecule has 5 unspecified atom stereocenters. The summed E-state index contributed by atoms with van der Waals surface area (Å²) in [6, 6.07) is 0.583. The largest absolute Gasteiger partial charge is 0.345 e. The minimum absolute atomic E-state index is 0.222. The van der Waals surface area contributed by atoms with Crippen LogP contribution in [-0.2, 0) is 4.79 Å². The molecule has 2 aliphatic carbocycles. The molecular weight excluding hydrogens is 236 g/mol. The Labute approximate surface area is 117 Å². The molecule has 2 saturated carbocycles. The summed E-state index contributed by atoms with van der Waals surface area (Å²) in [5.74, 6) is 3.30. The van der Waals surface area contributed by atoms with Gasteiger partial charge in [0.25, 0.3) is 0 Å². The van der Waals surface area contributed by atoms with E-state index in [1.807, 2.05) is 11.9 Å². The molecule has 3 fully saturated rings. The van der Waals surface area contributed by atoms with E-state index in [0.717, 1.165) is 43.7 Å². The van der Waals surface area contributed by atoms with E-state index in [4.69, 9.17) is 0 Å². The number of fused-ring (bicyclic) bond motifs is 2. The lowest BCUT2D eigenvalue weighted by atomic mass is 9.88. The maximum Gasteiger partial charge on any atom is 0.226 e. The normalized spacial score (nSPS) is 41.5. The van der Waals surface area contributed by atoms with Crippen molar-refractivity contribution in [2.45, 2.75) is 51.5 Å². The third-order valence-electron chi connectivity index (χ3n) is 5.78. The topological polar surface area (TPSA) is 32.3 Å². The van der Waals surface area contributed by atoms with Crippen molar-refractivity contribution in [2.75, 3.05) is 20.1 Å². The fourth-order valence-electron chi connectivity index (χ4n) is 4.56. The summed E-state index contributed by atoms with van der Waals surface area (Å²) in [5, 5.41) is 3.44. The molecule has 1 heterocycles. The van der Waals surface area contributed by atoms with Gasteiger partial charge >= 0.3 is 0 Å². The first-order valence-electron chi connectivity index (χ1n) is 8.12. The second kappa shape index (κ2) is 5.43. The van der Waals surface area contributed by atoms with Crippen LogP contribution in [0.5, 0.6) is 0 Å². The maximum absolute atomic E-state index is 12.5. The molecule has 0 aromatic rings. The number of nitrogens with zero attached hydrogens (tertiary/aromatic N) is 1. The number of hydrogen-bond acceptors (Lipinski definition) is 2. The zero-order valence-electron chi connectivity index (χ0n) is 12.4. The number of amides is 1. The van der Waals surface area contributed by atoms with Crippen molar-refractivity contribution in [3.8, 4) is 0 Å². The Kier molecular flexibility index (Phi) is 3.84. The number of nitrogens with one attached hydrogen (secondary N) is 1. The Morgan fingerprint density at radius 3 is 2.63 bits per heavy atom. The predicted molar refractivity (Wildman–Crippen MR) is 76.8 cm³/mol. The highest BCUT2D eigenvalue weighted by Crippen LogP contribution is 2.48. The molecule has 0 aromatic heterocycles. The summed E-state index contributed by atoms with van der Waals surface area (Å²) in [7, 11) is 2.02. The highest BCUT2D eigenvalue weighted by molar-refractivity contribution is 5.79. The molecule has 0 spiro atoms. The van der Waals surface area contributed by atoms with Crippen LogP contribution in [0.4, 0.5) is 0 Å². The van der Waals surface area contributed by atoms with Gasteiger partial charge in [0.15, 0.2) is 0 Å². The van der Waals surface area contributed by atoms with E-state index in [2.05, 4.69) is 12.2 Å². The van der Waals surface area contributed by atoms with Crippen molar-refractivity contribution < 1.29 is 4.79 Å². The Bertz CT molecular complexity index is 336. The van der Waals surface area contributed by atoms with Gasteiger partial charge in [0.05, 0.1) is 5.92 Å². The number of carbonyl (C=O) groups excluding carboxylic acids is 1. The average molecular weight is 264 g/mol. The van der Waals surface area contributed by atoms with Gasteiger partial charge in [-0.15, -0.1) is 0 Å². The molecule has 2 bridgehead atoms. The molecule has 3 nitrogen and oxygen atoms in total. The Balaban J connectivity index is 1.49. The monoisotopic (exact) mass is 264 g/mol. The van der Waals surface area contributed by atoms with Gasteiger partial charge in [0.1, 0.15) is 0 Å². The van der Waals surface area contributed by atoms with Crippen LogP contribution in [-0.4, -0.2) is 37.0 Å². The van der Waals surface area contributed by atoms with E-state index in [0.29, 0.717) is 11.9 Å². The van der Waals surface area contributed by atoms with Crippen molar-refractivity contribution >= 4 is 5.91 Å². The summed E-state index contributed by atoms with van der Waals surface area (Å²) in [6.45, 7) is 4.09. The van der Waals surface area contributed by atoms with E-state index in [1.165, 1.54) is 25.7 Å². The molecular formula is C16H28N2O. The van der Waals surface area contributed by atoms with Crippen molar-refractivity contribution in [3.05, 3.63) is 0 Å². The lowest BCUT2D eigenvalue weighted by molar-refractivity contribution is -0.135. The van der Waals surface area contributed by atoms with Crippen molar-refractivity contribution in [3.63, 3.8) is 0 Å². The SMILES string of the molecule is CC1CCC(C(=O)N(C)CC2CC3CCC2C3)CN1. The smallest absolute Gasteiger partial charge is 0.226 e. The minimum atomic E-state index is 0.222. The lowest BCUT2D eigenvalue weighted by Gasteiger charge is -2.32. The summed E-state index contributed by atoms with van der Waals surface area (Å²) in [6.07, 6.45) is 7.88. The molecule has 1 N–H and O–H groups in total. The van der Waals surface area contributed by atoms with Crippen LogP contribution in [0.1, 0.15) is 45.4 Å². The quantitative estimate of drug-likeness (QED) is 0.848. The molecule has 3 rings (SSSR count). The first-order valence-corrected chi connectivity index (χ1v) is 8.12. The first kappa shape index (κ1) is 13.4. The molecule has 1 saturated heterocycles. The van der Waals surface area contributed by atoms with Crippen molar-refractivity contribution in [1.29, 1.82) is 0 Å². The standard InChI is InChI=1S/C16H28N2O/c1-11-3-5-14(9-17-11)16(19)18(2)10-15-8-12-4-6-13(15)7-12/h11-15,17H,3-10H2,1-2H3. The van der Waals surface area contributed by atoms with E-state index in [1.54, 1.807) is 0 Å². The molecule has 19 heavy (non-hydrogen) atoms. The van der Waals surface area contributed by atoms with Crippen LogP contribution in [0.2, 0.25) is 0 Å². The molecule has 3 aliphatic rings. The zero-order valence-corrected chi connectivity index (χ0v) is 12.4. The summed E-state index contributed by atoms with van der Waals surface area (Å²) >= 11 is 0. The summed E-state index contributed by atoms with van der Waals surface area (Å²) in [5.41, 5.74) is 0.